The molecule has 1 saturated heterocycles. The third-order valence-electron chi connectivity index (χ3n) is 5.99. The summed E-state index contributed by atoms with van der Waals surface area (Å²) in [6, 6.07) is 4.93. The Bertz CT molecular complexity index is 830. The summed E-state index contributed by atoms with van der Waals surface area (Å²) >= 11 is 3.62. The highest BCUT2D eigenvalue weighted by atomic mass is 79.9. The quantitative estimate of drug-likeness (QED) is 0.775. The molecule has 0 bridgehead atoms. The van der Waals surface area contributed by atoms with Crippen molar-refractivity contribution in [2.75, 3.05) is 25.5 Å². The number of halogens is 1. The van der Waals surface area contributed by atoms with Crippen LogP contribution in [-0.2, 0) is 4.74 Å². The summed E-state index contributed by atoms with van der Waals surface area (Å²) in [6.45, 7) is 2.32. The number of anilines is 1. The predicted molar refractivity (Wildman–Crippen MR) is 108 cm³/mol. The first-order valence-corrected chi connectivity index (χ1v) is 10.5. The molecule has 4 rings (SSSR count). The number of aromatic nitrogens is 1. The monoisotopic (exact) mass is 432 g/mol. The first-order chi connectivity index (χ1) is 13.2. The Balaban J connectivity index is 1.35. The highest BCUT2D eigenvalue weighted by molar-refractivity contribution is 9.10. The maximum atomic E-state index is 9.01. The molecule has 0 unspecified atom stereocenters. The van der Waals surface area contributed by atoms with E-state index in [2.05, 4.69) is 31.1 Å². The van der Waals surface area contributed by atoms with Gasteiger partial charge in [0.25, 0.3) is 0 Å². The standard InChI is InChI=1S/C20H25BrN4O2/c1-26-15-6-8-25(9-7-15)14-4-2-13(3-5-14)24-20-19(21)17-10-16(11-22)27-18(17)12-23-20/h10,12-15H,2-9H2,1H3,(H,23,24). The molecule has 2 aromatic rings. The van der Waals surface area contributed by atoms with Crippen LogP contribution in [0.15, 0.2) is 21.2 Å². The maximum Gasteiger partial charge on any atom is 0.204 e. The third kappa shape index (κ3) is 3.98. The van der Waals surface area contributed by atoms with Crippen molar-refractivity contribution in [3.63, 3.8) is 0 Å². The Labute approximate surface area is 168 Å². The van der Waals surface area contributed by atoms with Crippen LogP contribution in [0.1, 0.15) is 44.3 Å². The third-order valence-corrected chi connectivity index (χ3v) is 6.79. The number of rotatable bonds is 4. The fourth-order valence-electron chi connectivity index (χ4n) is 4.39. The highest BCUT2D eigenvalue weighted by Gasteiger charge is 2.29. The average molecular weight is 433 g/mol. The van der Waals surface area contributed by atoms with Crippen LogP contribution in [0, 0.1) is 11.3 Å². The Morgan fingerprint density at radius 1 is 1.26 bits per heavy atom. The Morgan fingerprint density at radius 2 is 2.00 bits per heavy atom. The van der Waals surface area contributed by atoms with Crippen LogP contribution in [0.2, 0.25) is 0 Å². The molecule has 0 radical (unpaired) electrons. The number of nitrogens with one attached hydrogen (secondary N) is 1. The highest BCUT2D eigenvalue weighted by Crippen LogP contribution is 2.34. The van der Waals surface area contributed by atoms with Crippen molar-refractivity contribution in [2.24, 2.45) is 0 Å². The van der Waals surface area contributed by atoms with Gasteiger partial charge in [-0.05, 0) is 54.5 Å². The van der Waals surface area contributed by atoms with Gasteiger partial charge in [0.2, 0.25) is 5.76 Å². The number of methoxy groups -OCH3 is 1. The summed E-state index contributed by atoms with van der Waals surface area (Å²) in [7, 11) is 1.82. The van der Waals surface area contributed by atoms with Crippen LogP contribution in [0.5, 0.6) is 0 Å². The second kappa shape index (κ2) is 8.17. The van der Waals surface area contributed by atoms with E-state index in [1.165, 1.54) is 12.8 Å². The lowest BCUT2D eigenvalue weighted by atomic mass is 9.89. The van der Waals surface area contributed by atoms with Gasteiger partial charge >= 0.3 is 0 Å². The number of hydrogen-bond donors (Lipinski definition) is 1. The van der Waals surface area contributed by atoms with Gasteiger partial charge in [-0.15, -0.1) is 0 Å². The van der Waals surface area contributed by atoms with Gasteiger partial charge < -0.3 is 19.4 Å². The van der Waals surface area contributed by atoms with Crippen LogP contribution in [0.3, 0.4) is 0 Å². The van der Waals surface area contributed by atoms with Gasteiger partial charge in [-0.1, -0.05) is 0 Å². The fourth-order valence-corrected chi connectivity index (χ4v) is 4.92. The number of furan rings is 1. The molecule has 1 N–H and O–H groups in total. The molecular weight excluding hydrogens is 408 g/mol. The van der Waals surface area contributed by atoms with Crippen molar-refractivity contribution in [1.29, 1.82) is 5.26 Å². The van der Waals surface area contributed by atoms with Crippen LogP contribution in [0.4, 0.5) is 5.82 Å². The summed E-state index contributed by atoms with van der Waals surface area (Å²) in [6.07, 6.45) is 9.18. The van der Waals surface area contributed by atoms with Crippen LogP contribution >= 0.6 is 15.9 Å². The lowest BCUT2D eigenvalue weighted by Gasteiger charge is -2.40. The molecule has 2 aromatic heterocycles. The minimum atomic E-state index is 0.308. The minimum Gasteiger partial charge on any atom is -0.444 e. The summed E-state index contributed by atoms with van der Waals surface area (Å²) in [5.74, 6) is 1.14. The van der Waals surface area contributed by atoms with Crippen LogP contribution in [0.25, 0.3) is 11.0 Å². The molecule has 2 fully saturated rings. The van der Waals surface area contributed by atoms with Gasteiger partial charge in [0.05, 0.1) is 16.8 Å². The number of ether oxygens (including phenoxy) is 1. The minimum absolute atomic E-state index is 0.308. The van der Waals surface area contributed by atoms with Crippen molar-refractivity contribution in [3.8, 4) is 6.07 Å². The lowest BCUT2D eigenvalue weighted by Crippen LogP contribution is -2.45. The van der Waals surface area contributed by atoms with Gasteiger partial charge in [-0.2, -0.15) is 5.26 Å². The largest absolute Gasteiger partial charge is 0.444 e. The molecule has 2 aliphatic rings. The van der Waals surface area contributed by atoms with E-state index in [1.807, 2.05) is 13.2 Å². The normalized spacial score (nSPS) is 24.8. The van der Waals surface area contributed by atoms with E-state index in [-0.39, 0.29) is 0 Å². The number of nitrogens with zero attached hydrogens (tertiary/aromatic N) is 3. The zero-order chi connectivity index (χ0) is 18.8. The Hall–Kier alpha value is -1.62. The first kappa shape index (κ1) is 18.7. The summed E-state index contributed by atoms with van der Waals surface area (Å²) in [5.41, 5.74) is 0.632. The smallest absolute Gasteiger partial charge is 0.204 e. The maximum absolute atomic E-state index is 9.01. The molecule has 7 heteroatoms. The van der Waals surface area contributed by atoms with Gasteiger partial charge in [-0.25, -0.2) is 4.98 Å². The summed E-state index contributed by atoms with van der Waals surface area (Å²) in [4.78, 5) is 7.14. The van der Waals surface area contributed by atoms with Crippen molar-refractivity contribution < 1.29 is 9.15 Å². The van der Waals surface area contributed by atoms with E-state index in [1.54, 1.807) is 12.3 Å². The van der Waals surface area contributed by atoms with Gasteiger partial charge in [0.1, 0.15) is 11.9 Å². The molecular formula is C20H25BrN4O2. The van der Waals surface area contributed by atoms with Crippen molar-refractivity contribution in [2.45, 2.75) is 56.7 Å². The molecule has 0 aromatic carbocycles. The number of fused-ring (bicyclic) bond motifs is 1. The number of pyridine rings is 1. The van der Waals surface area contributed by atoms with Gasteiger partial charge in [0, 0.05) is 43.7 Å². The topological polar surface area (TPSA) is 74.3 Å². The van der Waals surface area contributed by atoms with E-state index < -0.39 is 0 Å². The summed E-state index contributed by atoms with van der Waals surface area (Å²) in [5, 5.41) is 13.5. The van der Waals surface area contributed by atoms with Crippen LogP contribution in [-0.4, -0.2) is 48.3 Å². The Morgan fingerprint density at radius 3 is 2.67 bits per heavy atom. The van der Waals surface area contributed by atoms with Gasteiger partial charge in [0.15, 0.2) is 5.58 Å². The van der Waals surface area contributed by atoms with E-state index in [4.69, 9.17) is 14.4 Å². The molecule has 27 heavy (non-hydrogen) atoms. The van der Waals surface area contributed by atoms with E-state index in [0.29, 0.717) is 29.5 Å². The number of likely N-dealkylation sites (tertiary alicyclic amines) is 1. The molecule has 6 nitrogen and oxygen atoms in total. The van der Waals surface area contributed by atoms with Crippen LogP contribution < -0.4 is 5.32 Å². The number of hydrogen-bond acceptors (Lipinski definition) is 6. The van der Waals surface area contributed by atoms with E-state index in [0.717, 1.165) is 54.4 Å². The fraction of sp³-hybridized carbons (Fsp3) is 0.600. The lowest BCUT2D eigenvalue weighted by molar-refractivity contribution is 0.0205. The zero-order valence-electron chi connectivity index (χ0n) is 15.6. The summed E-state index contributed by atoms with van der Waals surface area (Å²) < 4.78 is 11.8. The molecule has 144 valence electrons. The van der Waals surface area contributed by atoms with Crippen molar-refractivity contribution >= 4 is 32.7 Å². The van der Waals surface area contributed by atoms with Crippen molar-refractivity contribution in [1.82, 2.24) is 9.88 Å². The molecule has 1 aliphatic carbocycles. The molecule has 0 spiro atoms. The average Bonchev–Trinajstić information content (AvgIpc) is 3.15. The SMILES string of the molecule is COC1CCN(C2CCC(Nc3ncc4oc(C#N)cc4c3Br)CC2)CC1. The number of piperidine rings is 1. The second-order valence-electron chi connectivity index (χ2n) is 7.54. The van der Waals surface area contributed by atoms with Crippen molar-refractivity contribution in [3.05, 3.63) is 22.5 Å². The van der Waals surface area contributed by atoms with E-state index in [9.17, 15) is 0 Å². The zero-order valence-corrected chi connectivity index (χ0v) is 17.2. The Kier molecular flexibility index (Phi) is 5.67. The second-order valence-corrected chi connectivity index (χ2v) is 8.33. The van der Waals surface area contributed by atoms with Gasteiger partial charge in [-0.3, -0.25) is 0 Å². The number of nitriles is 1. The first-order valence-electron chi connectivity index (χ1n) is 9.69. The van der Waals surface area contributed by atoms with E-state index >= 15 is 0 Å². The molecule has 0 amide bonds. The molecule has 1 aliphatic heterocycles. The molecule has 1 saturated carbocycles. The molecule has 3 heterocycles. The predicted octanol–water partition coefficient (Wildman–Crippen LogP) is 4.30. The molecule has 0 atom stereocenters.